The van der Waals surface area contributed by atoms with Crippen LogP contribution in [-0.2, 0) is 50.4 Å². The lowest BCUT2D eigenvalue weighted by Crippen LogP contribution is -2.29. The van der Waals surface area contributed by atoms with Crippen LogP contribution in [0.1, 0.15) is 206 Å². The minimum Gasteiger partial charge on any atom is -0.481 e. The van der Waals surface area contributed by atoms with Crippen molar-refractivity contribution in [3.05, 3.63) is 36.2 Å². The molecule has 0 spiro atoms. The minimum atomic E-state index is -4.54. The largest absolute Gasteiger partial charge is 0.481 e. The van der Waals surface area contributed by atoms with Crippen LogP contribution in [0.2, 0.25) is 0 Å². The van der Waals surface area contributed by atoms with E-state index in [2.05, 4.69) is 26.0 Å². The van der Waals surface area contributed by atoms with Crippen molar-refractivity contribution in [2.45, 2.75) is 219 Å². The fourth-order valence-corrected chi connectivity index (χ4v) is 7.59. The Labute approximate surface area is 352 Å². The number of carboxylic acid groups (broad SMARTS) is 1. The van der Waals surface area contributed by atoms with Crippen LogP contribution in [-0.4, -0.2) is 58.4 Å². The van der Waals surface area contributed by atoms with Crippen molar-refractivity contribution in [2.75, 3.05) is 19.8 Å². The summed E-state index contributed by atoms with van der Waals surface area (Å²) in [4.78, 5) is 46.6. The average molecular weight is 840 g/mol. The number of hydrogen-bond acceptors (Lipinski definition) is 8. The maximum absolute atomic E-state index is 12.8. The van der Waals surface area contributed by atoms with Gasteiger partial charge in [-0.3, -0.25) is 23.4 Å². The fraction of sp³-hybridized carbons (Fsp3) is 0.804. The summed E-state index contributed by atoms with van der Waals surface area (Å²) in [6.45, 7) is 3.76. The van der Waals surface area contributed by atoms with Gasteiger partial charge < -0.3 is 24.0 Å². The third-order valence-electron chi connectivity index (χ3n) is 10.4. The monoisotopic (exact) mass is 840 g/mol. The van der Waals surface area contributed by atoms with Gasteiger partial charge in [-0.15, -0.1) is 0 Å². The molecule has 12 heteroatoms. The summed E-state index contributed by atoms with van der Waals surface area (Å²) in [6, 6.07) is 3.55. The normalized spacial score (nSPS) is 13.2. The van der Waals surface area contributed by atoms with Gasteiger partial charge in [-0.2, -0.15) is 0 Å². The number of esters is 2. The Hall–Kier alpha value is -2.46. The van der Waals surface area contributed by atoms with E-state index in [1.165, 1.54) is 96.3 Å². The predicted molar refractivity (Wildman–Crippen MR) is 233 cm³/mol. The third-order valence-corrected chi connectivity index (χ3v) is 11.4. The number of aryl methyl sites for hydroxylation is 1. The molecule has 0 amide bonds. The Bertz CT molecular complexity index is 1230. The van der Waals surface area contributed by atoms with Gasteiger partial charge in [0.15, 0.2) is 6.10 Å². The number of phosphoric acid groups is 1. The smallest absolute Gasteiger partial charge is 0.472 e. The summed E-state index contributed by atoms with van der Waals surface area (Å²) in [5.74, 6) is -1.80. The summed E-state index contributed by atoms with van der Waals surface area (Å²) in [6.07, 6.45) is 36.6. The maximum atomic E-state index is 12.8. The van der Waals surface area contributed by atoms with Gasteiger partial charge in [-0.1, -0.05) is 154 Å². The average Bonchev–Trinajstić information content (AvgIpc) is 3.65. The van der Waals surface area contributed by atoms with Crippen molar-refractivity contribution in [3.8, 4) is 0 Å². The molecule has 1 heterocycles. The van der Waals surface area contributed by atoms with Gasteiger partial charge in [0.2, 0.25) is 0 Å². The number of carbonyl (C=O) groups excluding carboxylic acids is 2. The standard InChI is InChI=1S/C46H82NO10P/c1-3-5-7-9-11-13-15-17-18-20-22-24-26-28-30-34-46(51)57-43(40-54-45(50)33-29-27-25-23-21-19-16-14-12-10-8-6-4-2)41-56-58(52,53)55-39-38-47-37-31-32-42(47)35-36-44(48)49/h17-18,31-32,37,43H,3-16,19-30,33-36,38-41H2,1-2H3,(H,48,49)(H,52,53). The number of carboxylic acids is 1. The van der Waals surface area contributed by atoms with E-state index in [-0.39, 0.29) is 39.0 Å². The summed E-state index contributed by atoms with van der Waals surface area (Å²) in [5.41, 5.74) is 0.763. The summed E-state index contributed by atoms with van der Waals surface area (Å²) in [7, 11) is -4.54. The Morgan fingerprint density at radius 1 is 0.655 bits per heavy atom. The van der Waals surface area contributed by atoms with E-state index in [1.54, 1.807) is 22.9 Å². The molecule has 58 heavy (non-hydrogen) atoms. The molecule has 0 aliphatic rings. The molecular weight excluding hydrogens is 757 g/mol. The van der Waals surface area contributed by atoms with E-state index < -0.39 is 38.4 Å². The van der Waals surface area contributed by atoms with Crippen LogP contribution in [0.25, 0.3) is 0 Å². The highest BCUT2D eigenvalue weighted by molar-refractivity contribution is 7.47. The zero-order chi connectivity index (χ0) is 42.4. The van der Waals surface area contributed by atoms with E-state index in [9.17, 15) is 23.8 Å². The summed E-state index contributed by atoms with van der Waals surface area (Å²) < 4.78 is 35.8. The van der Waals surface area contributed by atoms with Gasteiger partial charge >= 0.3 is 25.7 Å². The molecule has 0 aliphatic heterocycles. The highest BCUT2D eigenvalue weighted by Crippen LogP contribution is 2.43. The van der Waals surface area contributed by atoms with E-state index in [4.69, 9.17) is 23.6 Å². The SMILES string of the molecule is CCCCCCCCC=CCCCCCCCC(=O)OC(COC(=O)CCCCCCCCCCCCCCC)COP(=O)(O)OCCn1cccc1CCC(=O)O. The Balaban J connectivity index is 2.43. The first-order chi connectivity index (χ1) is 28.2. The first-order valence-corrected chi connectivity index (χ1v) is 24.6. The quantitative estimate of drug-likeness (QED) is 0.0282. The van der Waals surface area contributed by atoms with Crippen molar-refractivity contribution in [2.24, 2.45) is 0 Å². The molecule has 2 unspecified atom stereocenters. The molecule has 1 rings (SSSR count). The zero-order valence-electron chi connectivity index (χ0n) is 36.6. The van der Waals surface area contributed by atoms with Gasteiger partial charge in [-0.05, 0) is 57.1 Å². The number of hydrogen-bond donors (Lipinski definition) is 2. The van der Waals surface area contributed by atoms with Crippen molar-refractivity contribution < 1.29 is 47.5 Å². The van der Waals surface area contributed by atoms with Gasteiger partial charge in [0, 0.05) is 31.3 Å². The number of carbonyl (C=O) groups is 3. The van der Waals surface area contributed by atoms with Crippen LogP contribution < -0.4 is 0 Å². The first kappa shape index (κ1) is 53.6. The number of ether oxygens (including phenoxy) is 2. The van der Waals surface area contributed by atoms with E-state index in [0.29, 0.717) is 19.3 Å². The molecule has 0 bridgehead atoms. The second kappa shape index (κ2) is 37.5. The number of allylic oxidation sites excluding steroid dienone is 2. The number of phosphoric ester groups is 1. The van der Waals surface area contributed by atoms with Crippen molar-refractivity contribution >= 4 is 25.7 Å². The molecule has 0 saturated carbocycles. The Morgan fingerprint density at radius 2 is 1.14 bits per heavy atom. The van der Waals surface area contributed by atoms with Gasteiger partial charge in [0.05, 0.1) is 19.6 Å². The van der Waals surface area contributed by atoms with E-state index >= 15 is 0 Å². The summed E-state index contributed by atoms with van der Waals surface area (Å²) in [5, 5.41) is 8.98. The van der Waals surface area contributed by atoms with Crippen molar-refractivity contribution in [3.63, 3.8) is 0 Å². The predicted octanol–water partition coefficient (Wildman–Crippen LogP) is 12.6. The van der Waals surface area contributed by atoms with Crippen LogP contribution in [0.5, 0.6) is 0 Å². The van der Waals surface area contributed by atoms with E-state index in [1.807, 2.05) is 0 Å². The topological polar surface area (TPSA) is 151 Å². The number of aromatic nitrogens is 1. The number of rotatable bonds is 42. The number of unbranched alkanes of at least 4 members (excludes halogenated alkanes) is 23. The van der Waals surface area contributed by atoms with Crippen LogP contribution in [0.15, 0.2) is 30.5 Å². The molecule has 0 fully saturated rings. The van der Waals surface area contributed by atoms with Crippen LogP contribution in [0, 0.1) is 0 Å². The lowest BCUT2D eigenvalue weighted by Gasteiger charge is -2.20. The molecule has 0 radical (unpaired) electrons. The molecule has 1 aromatic rings. The lowest BCUT2D eigenvalue weighted by atomic mass is 10.0. The van der Waals surface area contributed by atoms with Gasteiger partial charge in [0.25, 0.3) is 0 Å². The molecular formula is C46H82NO10P. The minimum absolute atomic E-state index is 0.0339. The van der Waals surface area contributed by atoms with Crippen LogP contribution in [0.3, 0.4) is 0 Å². The van der Waals surface area contributed by atoms with Gasteiger partial charge in [-0.25, -0.2) is 4.57 Å². The Morgan fingerprint density at radius 3 is 1.66 bits per heavy atom. The molecule has 336 valence electrons. The van der Waals surface area contributed by atoms with Crippen molar-refractivity contribution in [1.29, 1.82) is 0 Å². The maximum Gasteiger partial charge on any atom is 0.472 e. The molecule has 1 aromatic heterocycles. The molecule has 2 atom stereocenters. The highest BCUT2D eigenvalue weighted by Gasteiger charge is 2.26. The summed E-state index contributed by atoms with van der Waals surface area (Å²) >= 11 is 0. The first-order valence-electron chi connectivity index (χ1n) is 23.1. The molecule has 0 aliphatic carbocycles. The second-order valence-corrected chi connectivity index (χ2v) is 17.3. The highest BCUT2D eigenvalue weighted by atomic mass is 31.2. The van der Waals surface area contributed by atoms with E-state index in [0.717, 1.165) is 63.5 Å². The van der Waals surface area contributed by atoms with Crippen LogP contribution in [0.4, 0.5) is 0 Å². The molecule has 11 nitrogen and oxygen atoms in total. The third kappa shape index (κ3) is 33.4. The lowest BCUT2D eigenvalue weighted by molar-refractivity contribution is -0.161. The second-order valence-electron chi connectivity index (χ2n) is 15.8. The molecule has 2 N–H and O–H groups in total. The van der Waals surface area contributed by atoms with Crippen LogP contribution >= 0.6 is 7.82 Å². The molecule has 0 saturated heterocycles. The Kier molecular flexibility index (Phi) is 34.7. The number of nitrogens with zero attached hydrogens (tertiary/aromatic N) is 1. The van der Waals surface area contributed by atoms with Gasteiger partial charge in [0.1, 0.15) is 6.61 Å². The van der Waals surface area contributed by atoms with Crippen molar-refractivity contribution in [1.82, 2.24) is 4.57 Å². The molecule has 0 aromatic carbocycles. The zero-order valence-corrected chi connectivity index (χ0v) is 37.5. The number of aliphatic carboxylic acids is 1. The fourth-order valence-electron chi connectivity index (χ4n) is 6.84.